The minimum Gasteiger partial charge on any atom is -0.486 e. The standard InChI is InChI=1S/C25H21ClN4O5/c1-16-3-4-17(2)29(16)19-6-8-20(9-7-19)34-15-21-10-12-24(35-21)25(31)28-27-14-18-5-11-22(26)23(13-18)30(32)33/h3-14H,15H2,1-2H3,(H,28,31)/b27-14+. The van der Waals surface area contributed by atoms with Crippen molar-refractivity contribution in [3.8, 4) is 11.4 Å². The van der Waals surface area contributed by atoms with Crippen molar-refractivity contribution in [1.82, 2.24) is 9.99 Å². The lowest BCUT2D eigenvalue weighted by Crippen LogP contribution is -2.16. The fourth-order valence-corrected chi connectivity index (χ4v) is 3.66. The van der Waals surface area contributed by atoms with Crippen LogP contribution in [0.4, 0.5) is 5.69 Å². The molecule has 0 unspecified atom stereocenters. The molecule has 2 heterocycles. The molecule has 0 atom stereocenters. The number of halogens is 1. The van der Waals surface area contributed by atoms with E-state index in [4.69, 9.17) is 20.8 Å². The van der Waals surface area contributed by atoms with Gasteiger partial charge in [-0.3, -0.25) is 14.9 Å². The van der Waals surface area contributed by atoms with Crippen molar-refractivity contribution >= 4 is 29.4 Å². The number of aryl methyl sites for hydroxylation is 2. The van der Waals surface area contributed by atoms with Crippen LogP contribution in [0.3, 0.4) is 0 Å². The summed E-state index contributed by atoms with van der Waals surface area (Å²) in [6, 6.07) is 19.2. The first-order valence-corrected chi connectivity index (χ1v) is 10.9. The Bertz CT molecular complexity index is 1390. The third-order valence-corrected chi connectivity index (χ3v) is 5.50. The molecule has 4 aromatic rings. The zero-order valence-corrected chi connectivity index (χ0v) is 19.7. The molecule has 0 aliphatic carbocycles. The molecule has 0 aliphatic heterocycles. The van der Waals surface area contributed by atoms with Gasteiger partial charge in [0.05, 0.1) is 11.1 Å². The van der Waals surface area contributed by atoms with Gasteiger partial charge in [0.1, 0.15) is 23.1 Å². The maximum atomic E-state index is 12.3. The number of benzene rings is 2. The highest BCUT2D eigenvalue weighted by Gasteiger charge is 2.13. The quantitative estimate of drug-likeness (QED) is 0.196. The summed E-state index contributed by atoms with van der Waals surface area (Å²) in [7, 11) is 0. The highest BCUT2D eigenvalue weighted by Crippen LogP contribution is 2.24. The topological polar surface area (TPSA) is 112 Å². The molecule has 0 bridgehead atoms. The van der Waals surface area contributed by atoms with Gasteiger partial charge in [-0.05, 0) is 68.4 Å². The van der Waals surface area contributed by atoms with Gasteiger partial charge in [-0.1, -0.05) is 17.7 Å². The average Bonchev–Trinajstić information content (AvgIpc) is 3.45. The van der Waals surface area contributed by atoms with E-state index in [0.29, 0.717) is 17.1 Å². The number of nitro groups is 1. The van der Waals surface area contributed by atoms with Crippen molar-refractivity contribution < 1.29 is 18.9 Å². The Hall–Kier alpha value is -4.37. The number of aromatic nitrogens is 1. The molecule has 2 aromatic heterocycles. The monoisotopic (exact) mass is 492 g/mol. The van der Waals surface area contributed by atoms with E-state index >= 15 is 0 Å². The van der Waals surface area contributed by atoms with E-state index in [1.54, 1.807) is 12.1 Å². The summed E-state index contributed by atoms with van der Waals surface area (Å²) in [5.41, 5.74) is 5.82. The van der Waals surface area contributed by atoms with Crippen LogP contribution in [0.2, 0.25) is 5.02 Å². The minimum absolute atomic E-state index is 0.0172. The normalized spacial score (nSPS) is 11.1. The first kappa shape index (κ1) is 23.8. The van der Waals surface area contributed by atoms with E-state index in [9.17, 15) is 14.9 Å². The average molecular weight is 493 g/mol. The number of hydrogen-bond donors (Lipinski definition) is 1. The molecule has 1 N–H and O–H groups in total. The Balaban J connectivity index is 1.32. The molecule has 4 rings (SSSR count). The predicted octanol–water partition coefficient (Wildman–Crippen LogP) is 5.59. The predicted molar refractivity (Wildman–Crippen MR) is 131 cm³/mol. The van der Waals surface area contributed by atoms with Gasteiger partial charge in [0.15, 0.2) is 5.76 Å². The summed E-state index contributed by atoms with van der Waals surface area (Å²) in [6.07, 6.45) is 1.27. The van der Waals surface area contributed by atoms with E-state index in [1.807, 2.05) is 24.3 Å². The number of carbonyl (C=O) groups is 1. The van der Waals surface area contributed by atoms with Gasteiger partial charge in [0, 0.05) is 28.7 Å². The summed E-state index contributed by atoms with van der Waals surface area (Å²) in [6.45, 7) is 4.25. The van der Waals surface area contributed by atoms with Gasteiger partial charge in [-0.2, -0.15) is 5.10 Å². The molecule has 35 heavy (non-hydrogen) atoms. The van der Waals surface area contributed by atoms with E-state index in [0.717, 1.165) is 17.1 Å². The van der Waals surface area contributed by atoms with Crippen LogP contribution >= 0.6 is 11.6 Å². The molecule has 1 amide bonds. The third-order valence-electron chi connectivity index (χ3n) is 5.18. The zero-order valence-electron chi connectivity index (χ0n) is 18.9. The van der Waals surface area contributed by atoms with Gasteiger partial charge in [0.25, 0.3) is 5.69 Å². The Morgan fingerprint density at radius 1 is 1.11 bits per heavy atom. The van der Waals surface area contributed by atoms with Crippen LogP contribution in [0.1, 0.15) is 33.3 Å². The summed E-state index contributed by atoms with van der Waals surface area (Å²) < 4.78 is 13.4. The van der Waals surface area contributed by atoms with Crippen LogP contribution in [-0.2, 0) is 6.61 Å². The lowest BCUT2D eigenvalue weighted by atomic mass is 10.2. The van der Waals surface area contributed by atoms with Crippen molar-refractivity contribution in [2.45, 2.75) is 20.5 Å². The van der Waals surface area contributed by atoms with Gasteiger partial charge in [-0.25, -0.2) is 5.43 Å². The van der Waals surface area contributed by atoms with Crippen molar-refractivity contribution in [2.75, 3.05) is 0 Å². The SMILES string of the molecule is Cc1ccc(C)n1-c1ccc(OCc2ccc(C(=O)N/N=C/c3ccc(Cl)c([N+](=O)[O-])c3)o2)cc1. The van der Waals surface area contributed by atoms with E-state index < -0.39 is 10.8 Å². The number of amides is 1. The number of nitrogens with zero attached hydrogens (tertiary/aromatic N) is 3. The molecular formula is C25H21ClN4O5. The molecule has 178 valence electrons. The summed E-state index contributed by atoms with van der Waals surface area (Å²) in [5.74, 6) is 0.614. The maximum Gasteiger partial charge on any atom is 0.307 e. The molecular weight excluding hydrogens is 472 g/mol. The number of rotatable bonds is 8. The van der Waals surface area contributed by atoms with Gasteiger partial charge in [0.2, 0.25) is 0 Å². The van der Waals surface area contributed by atoms with Crippen LogP contribution < -0.4 is 10.2 Å². The molecule has 0 saturated heterocycles. The van der Waals surface area contributed by atoms with Crippen molar-refractivity contribution in [1.29, 1.82) is 0 Å². The number of nitrogens with one attached hydrogen (secondary N) is 1. The van der Waals surface area contributed by atoms with Crippen LogP contribution in [0.5, 0.6) is 5.75 Å². The molecule has 10 heteroatoms. The Morgan fingerprint density at radius 3 is 2.51 bits per heavy atom. The smallest absolute Gasteiger partial charge is 0.307 e. The number of carbonyl (C=O) groups excluding carboxylic acids is 1. The van der Waals surface area contributed by atoms with Crippen molar-refractivity contribution in [3.63, 3.8) is 0 Å². The molecule has 0 radical (unpaired) electrons. The Morgan fingerprint density at radius 2 is 1.83 bits per heavy atom. The first-order valence-electron chi connectivity index (χ1n) is 10.6. The second-order valence-corrected chi connectivity index (χ2v) is 8.07. The Kier molecular flexibility index (Phi) is 6.98. The fraction of sp³-hybridized carbons (Fsp3) is 0.120. The number of hydrazone groups is 1. The summed E-state index contributed by atoms with van der Waals surface area (Å²) in [4.78, 5) is 22.6. The molecule has 0 aliphatic rings. The van der Waals surface area contributed by atoms with E-state index in [-0.39, 0.29) is 23.1 Å². The second-order valence-electron chi connectivity index (χ2n) is 7.67. The fourth-order valence-electron chi connectivity index (χ4n) is 3.47. The molecule has 2 aromatic carbocycles. The lowest BCUT2D eigenvalue weighted by molar-refractivity contribution is -0.384. The van der Waals surface area contributed by atoms with Crippen LogP contribution in [0.15, 0.2) is 76.2 Å². The van der Waals surface area contributed by atoms with E-state index in [1.165, 1.54) is 24.4 Å². The molecule has 0 saturated carbocycles. The number of hydrogen-bond acceptors (Lipinski definition) is 6. The van der Waals surface area contributed by atoms with E-state index in [2.05, 4.69) is 41.1 Å². The molecule has 0 spiro atoms. The minimum atomic E-state index is -0.594. The molecule has 0 fully saturated rings. The van der Waals surface area contributed by atoms with Crippen molar-refractivity contribution in [3.05, 3.63) is 110 Å². The van der Waals surface area contributed by atoms with Gasteiger partial charge in [-0.15, -0.1) is 0 Å². The van der Waals surface area contributed by atoms with Crippen molar-refractivity contribution in [2.24, 2.45) is 5.10 Å². The largest absolute Gasteiger partial charge is 0.486 e. The summed E-state index contributed by atoms with van der Waals surface area (Å²) in [5, 5.41) is 14.8. The number of furan rings is 1. The number of ether oxygens (including phenoxy) is 1. The van der Waals surface area contributed by atoms with Crippen LogP contribution in [0.25, 0.3) is 5.69 Å². The zero-order chi connectivity index (χ0) is 24.9. The Labute approximate surface area is 205 Å². The number of nitro benzene ring substituents is 1. The summed E-state index contributed by atoms with van der Waals surface area (Å²) >= 11 is 5.78. The third kappa shape index (κ3) is 5.59. The van der Waals surface area contributed by atoms with Gasteiger partial charge < -0.3 is 13.7 Å². The van der Waals surface area contributed by atoms with Gasteiger partial charge >= 0.3 is 5.91 Å². The second kappa shape index (κ2) is 10.3. The van der Waals surface area contributed by atoms with Crippen LogP contribution in [-0.4, -0.2) is 21.6 Å². The lowest BCUT2D eigenvalue weighted by Gasteiger charge is -2.10. The molecule has 9 nitrogen and oxygen atoms in total. The highest BCUT2D eigenvalue weighted by atomic mass is 35.5. The van der Waals surface area contributed by atoms with Crippen LogP contribution in [0, 0.1) is 24.0 Å². The highest BCUT2D eigenvalue weighted by molar-refractivity contribution is 6.32. The maximum absolute atomic E-state index is 12.3. The first-order chi connectivity index (χ1) is 16.8.